The van der Waals surface area contributed by atoms with Crippen molar-refractivity contribution in [1.29, 1.82) is 0 Å². The second-order valence-electron chi connectivity index (χ2n) is 3.11. The van der Waals surface area contributed by atoms with Crippen LogP contribution in [0, 0.1) is 0 Å². The Labute approximate surface area is 108 Å². The van der Waals surface area contributed by atoms with Crippen molar-refractivity contribution in [3.63, 3.8) is 0 Å². The molecule has 0 heterocycles. The van der Waals surface area contributed by atoms with E-state index in [1.165, 1.54) is 0 Å². The molecule has 4 N–H and O–H groups in total. The summed E-state index contributed by atoms with van der Waals surface area (Å²) >= 11 is -2.18. The molecule has 0 amide bonds. The molecular weight excluding hydrogens is 268 g/mol. The maximum absolute atomic E-state index is 11.4. The van der Waals surface area contributed by atoms with Crippen LogP contribution in [0.2, 0.25) is 0 Å². The highest BCUT2D eigenvalue weighted by atomic mass is 32.2. The summed E-state index contributed by atoms with van der Waals surface area (Å²) in [5.41, 5.74) is 0. The monoisotopic (exact) mass is 288 g/mol. The second-order valence-corrected chi connectivity index (χ2v) is 3.81. The number of aliphatic hydroxyl groups is 4. The quantitative estimate of drug-likeness (QED) is 0.278. The molecule has 0 saturated heterocycles. The molecule has 0 aromatic carbocycles. The Hall–Kier alpha value is -0.170. The van der Waals surface area contributed by atoms with E-state index in [1.54, 1.807) is 0 Å². The van der Waals surface area contributed by atoms with E-state index in [0.29, 0.717) is 0 Å². The summed E-state index contributed by atoms with van der Waals surface area (Å²) in [6.45, 7) is -0.651. The molecule has 0 radical (unpaired) electrons. The summed E-state index contributed by atoms with van der Waals surface area (Å²) in [7, 11) is 0. The fraction of sp³-hybridized carbons (Fsp3) is 1.00. The lowest BCUT2D eigenvalue weighted by atomic mass is 10.6. The molecule has 0 bridgehead atoms. The van der Waals surface area contributed by atoms with Gasteiger partial charge in [0.25, 0.3) is 0 Å². The lowest BCUT2D eigenvalue weighted by Crippen LogP contribution is -2.35. The smallest absolute Gasteiger partial charge is 0.340 e. The molecule has 0 aromatic heterocycles. The summed E-state index contributed by atoms with van der Waals surface area (Å²) in [6.07, 6.45) is 0. The largest absolute Gasteiger partial charge is 0.395 e. The van der Waals surface area contributed by atoms with E-state index in [1.807, 2.05) is 0 Å². The molecule has 0 atom stereocenters. The topological polar surface area (TPSA) is 123 Å². The van der Waals surface area contributed by atoms with Crippen LogP contribution in [0.15, 0.2) is 0 Å². The maximum Gasteiger partial charge on any atom is 0.340 e. The summed E-state index contributed by atoms with van der Waals surface area (Å²) in [5, 5.41) is 37.0. The first-order valence-electron chi connectivity index (χ1n) is 5.39. The van der Waals surface area contributed by atoms with Gasteiger partial charge in [0, 0.05) is 26.2 Å². The second kappa shape index (κ2) is 11.9. The Morgan fingerprint density at radius 3 is 1.22 bits per heavy atom. The Balaban J connectivity index is 4.09. The van der Waals surface area contributed by atoms with E-state index in [0.717, 1.165) is 10.1 Å². The molecule has 0 aliphatic heterocycles. The average molecular weight is 288 g/mol. The van der Waals surface area contributed by atoms with Crippen LogP contribution in [0.4, 0.5) is 0 Å². The molecule has 0 aliphatic carbocycles. The zero-order chi connectivity index (χ0) is 13.8. The summed E-state index contributed by atoms with van der Waals surface area (Å²) in [6, 6.07) is 0. The highest BCUT2D eigenvalue weighted by Crippen LogP contribution is 2.00. The van der Waals surface area contributed by atoms with Gasteiger partial charge in [-0.05, 0) is 0 Å². The van der Waals surface area contributed by atoms with Crippen LogP contribution < -0.4 is 0 Å². The first kappa shape index (κ1) is 17.8. The van der Waals surface area contributed by atoms with Gasteiger partial charge in [-0.25, -0.2) is 0 Å². The molecule has 0 saturated carbocycles. The van der Waals surface area contributed by atoms with E-state index in [2.05, 4.69) is 0 Å². The Kier molecular flexibility index (Phi) is 11.8. The van der Waals surface area contributed by atoms with Gasteiger partial charge >= 0.3 is 11.4 Å². The third-order valence-electron chi connectivity index (χ3n) is 1.73. The summed E-state index contributed by atoms with van der Waals surface area (Å²) in [5.74, 6) is 0. The van der Waals surface area contributed by atoms with Gasteiger partial charge in [-0.15, -0.1) is 0 Å². The van der Waals surface area contributed by atoms with Gasteiger partial charge in [-0.2, -0.15) is 22.9 Å². The van der Waals surface area contributed by atoms with E-state index in [-0.39, 0.29) is 52.6 Å². The van der Waals surface area contributed by atoms with E-state index < -0.39 is 11.4 Å². The molecule has 9 nitrogen and oxygen atoms in total. The molecule has 0 spiro atoms. The van der Waals surface area contributed by atoms with Crippen LogP contribution in [-0.2, 0) is 19.9 Å². The van der Waals surface area contributed by atoms with Gasteiger partial charge in [0.05, 0.1) is 26.4 Å². The molecular formula is C8H20N2O7S. The van der Waals surface area contributed by atoms with Crippen LogP contribution in [0.25, 0.3) is 0 Å². The minimum Gasteiger partial charge on any atom is -0.395 e. The lowest BCUT2D eigenvalue weighted by Gasteiger charge is -2.21. The Morgan fingerprint density at radius 2 is 1.00 bits per heavy atom. The van der Waals surface area contributed by atoms with Crippen molar-refractivity contribution in [3.8, 4) is 0 Å². The minimum atomic E-state index is -2.18. The van der Waals surface area contributed by atoms with Gasteiger partial charge in [0.2, 0.25) is 0 Å². The van der Waals surface area contributed by atoms with Gasteiger partial charge in [0.15, 0.2) is 0 Å². The fourth-order valence-electron chi connectivity index (χ4n) is 1.00. The molecule has 0 unspecified atom stereocenters. The molecule has 0 fully saturated rings. The predicted molar refractivity (Wildman–Crippen MR) is 61.8 cm³/mol. The summed E-state index contributed by atoms with van der Waals surface area (Å²) < 4.78 is 21.0. The number of rotatable bonds is 12. The fourth-order valence-corrected chi connectivity index (χ4v) is 1.67. The van der Waals surface area contributed by atoms with Crippen molar-refractivity contribution in [2.24, 2.45) is 0 Å². The molecule has 0 aromatic rings. The highest BCUT2D eigenvalue weighted by molar-refractivity contribution is 7.75. The van der Waals surface area contributed by atoms with Crippen LogP contribution in [-0.4, -0.2) is 87.4 Å². The lowest BCUT2D eigenvalue weighted by molar-refractivity contribution is -0.116. The maximum atomic E-state index is 11.4. The Morgan fingerprint density at radius 1 is 0.722 bits per heavy atom. The number of hydrogen-bond donors (Lipinski definition) is 4. The van der Waals surface area contributed by atoms with Crippen molar-refractivity contribution < 1.29 is 33.2 Å². The van der Waals surface area contributed by atoms with E-state index in [4.69, 9.17) is 29.0 Å². The predicted octanol–water partition coefficient (Wildman–Crippen LogP) is -3.00. The van der Waals surface area contributed by atoms with Crippen molar-refractivity contribution in [3.05, 3.63) is 0 Å². The highest BCUT2D eigenvalue weighted by Gasteiger charge is 2.14. The molecule has 18 heavy (non-hydrogen) atoms. The summed E-state index contributed by atoms with van der Waals surface area (Å²) in [4.78, 5) is 0. The SMILES string of the molecule is O=S(ON(CCO)CCO)ON(CCO)CCO. The van der Waals surface area contributed by atoms with Gasteiger partial charge in [-0.1, -0.05) is 0 Å². The zero-order valence-electron chi connectivity index (χ0n) is 9.97. The van der Waals surface area contributed by atoms with Crippen LogP contribution >= 0.6 is 0 Å². The Bertz CT molecular complexity index is 190. The molecule has 0 rings (SSSR count). The average Bonchev–Trinajstić information content (AvgIpc) is 2.30. The number of aliphatic hydroxyl groups excluding tert-OH is 4. The standard InChI is InChI=1S/C8H20N2O7S/c11-5-1-9(2-6-12)16-18(15)17-10(3-7-13)4-8-14/h11-14H,1-8H2. The van der Waals surface area contributed by atoms with Crippen LogP contribution in [0.5, 0.6) is 0 Å². The number of hydrogen-bond acceptors (Lipinski definition) is 9. The zero-order valence-corrected chi connectivity index (χ0v) is 10.8. The molecule has 110 valence electrons. The van der Waals surface area contributed by atoms with Crippen molar-refractivity contribution in [2.75, 3.05) is 52.6 Å². The van der Waals surface area contributed by atoms with Gasteiger partial charge < -0.3 is 20.4 Å². The third kappa shape index (κ3) is 8.85. The van der Waals surface area contributed by atoms with Gasteiger partial charge in [0.1, 0.15) is 0 Å². The normalized spacial score (nSPS) is 11.9. The van der Waals surface area contributed by atoms with E-state index in [9.17, 15) is 4.21 Å². The van der Waals surface area contributed by atoms with Crippen molar-refractivity contribution >= 4 is 11.4 Å². The first-order valence-corrected chi connectivity index (χ1v) is 6.39. The van der Waals surface area contributed by atoms with Crippen molar-refractivity contribution in [1.82, 2.24) is 10.1 Å². The first-order chi connectivity index (χ1) is 8.67. The minimum absolute atomic E-state index is 0.0651. The van der Waals surface area contributed by atoms with Crippen LogP contribution in [0.1, 0.15) is 0 Å². The van der Waals surface area contributed by atoms with E-state index >= 15 is 0 Å². The number of nitrogens with zero attached hydrogens (tertiary/aromatic N) is 2. The van der Waals surface area contributed by atoms with Crippen LogP contribution in [0.3, 0.4) is 0 Å². The van der Waals surface area contributed by atoms with Crippen molar-refractivity contribution in [2.45, 2.75) is 0 Å². The number of hydroxylamine groups is 4. The van der Waals surface area contributed by atoms with Gasteiger partial charge in [-0.3, -0.25) is 0 Å². The third-order valence-corrected chi connectivity index (χ3v) is 2.40. The molecule has 0 aliphatic rings. The molecule has 10 heteroatoms.